The molecule has 1 N–H and O–H groups in total. The van der Waals surface area contributed by atoms with Crippen LogP contribution in [0.25, 0.3) is 0 Å². The number of hydrogen-bond donors (Lipinski definition) is 1. The van der Waals surface area contributed by atoms with Crippen LogP contribution >= 0.6 is 11.8 Å². The van der Waals surface area contributed by atoms with Gasteiger partial charge in [0.05, 0.1) is 24.1 Å². The predicted molar refractivity (Wildman–Crippen MR) is 114 cm³/mol. The first kappa shape index (κ1) is 20.7. The van der Waals surface area contributed by atoms with Gasteiger partial charge < -0.3 is 15.0 Å². The molecule has 150 valence electrons. The highest BCUT2D eigenvalue weighted by Gasteiger charge is 2.34. The first-order valence-corrected chi connectivity index (χ1v) is 10.7. The van der Waals surface area contributed by atoms with Crippen LogP contribution < -0.4 is 10.1 Å². The number of nitrogens with zero attached hydrogens (tertiary/aromatic N) is 2. The minimum absolute atomic E-state index is 0.0242. The highest BCUT2D eigenvalue weighted by atomic mass is 32.2. The molecule has 2 amide bonds. The Balaban J connectivity index is 1.55. The molecule has 29 heavy (non-hydrogen) atoms. The second-order valence-electron chi connectivity index (χ2n) is 6.63. The number of benzene rings is 2. The third-order valence-corrected chi connectivity index (χ3v) is 5.66. The van der Waals surface area contributed by atoms with Gasteiger partial charge in [0, 0.05) is 17.9 Å². The van der Waals surface area contributed by atoms with Gasteiger partial charge in [-0.05, 0) is 55.3 Å². The predicted octanol–water partition coefficient (Wildman–Crippen LogP) is 3.43. The number of rotatable bonds is 7. The molecule has 1 saturated heterocycles. The number of aryl methyl sites for hydroxylation is 1. The van der Waals surface area contributed by atoms with Gasteiger partial charge in [0.15, 0.2) is 0 Å². The molecule has 0 spiro atoms. The molecule has 1 unspecified atom stereocenters. The summed E-state index contributed by atoms with van der Waals surface area (Å²) in [4.78, 5) is 27.0. The molecule has 2 aromatic rings. The molecule has 1 atom stereocenters. The van der Waals surface area contributed by atoms with Crippen molar-refractivity contribution in [2.24, 2.45) is 0 Å². The Morgan fingerprint density at radius 2 is 1.93 bits per heavy atom. The SMILES string of the molecule is CCOc1ccc(CCC(=O)N2CSCC2C(=O)Nc2ccc(C#N)cc2)cc1. The molecule has 7 heteroatoms. The number of carbonyl (C=O) groups excluding carboxylic acids is 2. The summed E-state index contributed by atoms with van der Waals surface area (Å²) in [6, 6.07) is 16.0. The van der Waals surface area contributed by atoms with E-state index in [0.717, 1.165) is 11.3 Å². The topological polar surface area (TPSA) is 82.4 Å². The number of nitrogens with one attached hydrogen (secondary N) is 1. The van der Waals surface area contributed by atoms with E-state index in [-0.39, 0.29) is 11.8 Å². The molecule has 1 fully saturated rings. The van der Waals surface area contributed by atoms with E-state index in [1.165, 1.54) is 0 Å². The number of thioether (sulfide) groups is 1. The zero-order valence-electron chi connectivity index (χ0n) is 16.3. The van der Waals surface area contributed by atoms with Crippen molar-refractivity contribution in [3.05, 3.63) is 59.7 Å². The Hall–Kier alpha value is -2.98. The lowest BCUT2D eigenvalue weighted by molar-refractivity contribution is -0.136. The fraction of sp³-hybridized carbons (Fsp3) is 0.318. The van der Waals surface area contributed by atoms with Gasteiger partial charge in [-0.3, -0.25) is 9.59 Å². The molecule has 0 saturated carbocycles. The summed E-state index contributed by atoms with van der Waals surface area (Å²) in [5.74, 6) is 1.70. The summed E-state index contributed by atoms with van der Waals surface area (Å²) in [5, 5.41) is 11.7. The molecular weight excluding hydrogens is 386 g/mol. The van der Waals surface area contributed by atoms with Crippen molar-refractivity contribution in [2.45, 2.75) is 25.8 Å². The van der Waals surface area contributed by atoms with Crippen LogP contribution in [0.5, 0.6) is 5.75 Å². The van der Waals surface area contributed by atoms with Gasteiger partial charge >= 0.3 is 0 Å². The zero-order chi connectivity index (χ0) is 20.6. The molecule has 0 aliphatic carbocycles. The second kappa shape index (κ2) is 9.99. The molecule has 0 radical (unpaired) electrons. The minimum atomic E-state index is -0.483. The second-order valence-corrected chi connectivity index (χ2v) is 7.63. The maximum absolute atomic E-state index is 12.7. The molecule has 1 aliphatic rings. The fourth-order valence-electron chi connectivity index (χ4n) is 3.07. The van der Waals surface area contributed by atoms with E-state index in [9.17, 15) is 9.59 Å². The maximum atomic E-state index is 12.7. The van der Waals surface area contributed by atoms with Crippen LogP contribution in [-0.2, 0) is 16.0 Å². The summed E-state index contributed by atoms with van der Waals surface area (Å²) in [5.41, 5.74) is 2.21. The quantitative estimate of drug-likeness (QED) is 0.758. The Bertz CT molecular complexity index is 891. The summed E-state index contributed by atoms with van der Waals surface area (Å²) in [7, 11) is 0. The third kappa shape index (κ3) is 5.52. The van der Waals surface area contributed by atoms with Crippen molar-refractivity contribution in [2.75, 3.05) is 23.6 Å². The van der Waals surface area contributed by atoms with Crippen LogP contribution in [-0.4, -0.2) is 41.0 Å². The van der Waals surface area contributed by atoms with E-state index in [1.54, 1.807) is 40.9 Å². The van der Waals surface area contributed by atoms with Crippen LogP contribution in [0, 0.1) is 11.3 Å². The zero-order valence-corrected chi connectivity index (χ0v) is 17.1. The number of ether oxygens (including phenoxy) is 1. The standard InChI is InChI=1S/C22H23N3O3S/c1-2-28-19-10-5-16(6-11-19)7-12-21(26)25-15-29-14-20(25)22(27)24-18-8-3-17(13-23)4-9-18/h3-6,8-11,20H,2,7,12,14-15H2,1H3,(H,24,27). The number of amides is 2. The van der Waals surface area contributed by atoms with Gasteiger partial charge in [-0.2, -0.15) is 5.26 Å². The maximum Gasteiger partial charge on any atom is 0.248 e. The molecule has 3 rings (SSSR count). The molecule has 1 aliphatic heterocycles. The highest BCUT2D eigenvalue weighted by Crippen LogP contribution is 2.24. The molecule has 2 aromatic carbocycles. The average Bonchev–Trinajstić information content (AvgIpc) is 3.24. The summed E-state index contributed by atoms with van der Waals surface area (Å²) >= 11 is 1.58. The Kier molecular flexibility index (Phi) is 7.14. The number of hydrogen-bond acceptors (Lipinski definition) is 5. The molecule has 6 nitrogen and oxygen atoms in total. The first-order chi connectivity index (χ1) is 14.1. The highest BCUT2D eigenvalue weighted by molar-refractivity contribution is 7.99. The van der Waals surface area contributed by atoms with E-state index >= 15 is 0 Å². The molecule has 1 heterocycles. The third-order valence-electron chi connectivity index (χ3n) is 4.65. The smallest absolute Gasteiger partial charge is 0.248 e. The lowest BCUT2D eigenvalue weighted by Gasteiger charge is -2.23. The van der Waals surface area contributed by atoms with Crippen molar-refractivity contribution in [3.63, 3.8) is 0 Å². The lowest BCUT2D eigenvalue weighted by atomic mass is 10.1. The van der Waals surface area contributed by atoms with Crippen molar-refractivity contribution >= 4 is 29.3 Å². The lowest BCUT2D eigenvalue weighted by Crippen LogP contribution is -2.44. The normalized spacial score (nSPS) is 15.6. The van der Waals surface area contributed by atoms with Crippen LogP contribution in [0.4, 0.5) is 5.69 Å². The van der Waals surface area contributed by atoms with Gasteiger partial charge in [-0.15, -0.1) is 11.8 Å². The summed E-state index contributed by atoms with van der Waals surface area (Å²) in [6.45, 7) is 2.56. The Morgan fingerprint density at radius 3 is 2.59 bits per heavy atom. The average molecular weight is 410 g/mol. The van der Waals surface area contributed by atoms with E-state index < -0.39 is 6.04 Å². The van der Waals surface area contributed by atoms with E-state index in [2.05, 4.69) is 5.32 Å². The number of carbonyl (C=O) groups is 2. The van der Waals surface area contributed by atoms with Crippen LogP contribution in [0.2, 0.25) is 0 Å². The van der Waals surface area contributed by atoms with E-state index in [1.807, 2.05) is 37.3 Å². The van der Waals surface area contributed by atoms with Crippen LogP contribution in [0.15, 0.2) is 48.5 Å². The first-order valence-electron chi connectivity index (χ1n) is 9.50. The fourth-order valence-corrected chi connectivity index (χ4v) is 4.25. The van der Waals surface area contributed by atoms with Gasteiger partial charge in [-0.1, -0.05) is 12.1 Å². The minimum Gasteiger partial charge on any atom is -0.494 e. The van der Waals surface area contributed by atoms with Crippen LogP contribution in [0.3, 0.4) is 0 Å². The van der Waals surface area contributed by atoms with Gasteiger partial charge in [-0.25, -0.2) is 0 Å². The molecular formula is C22H23N3O3S. The van der Waals surface area contributed by atoms with Gasteiger partial charge in [0.2, 0.25) is 11.8 Å². The number of nitriles is 1. The van der Waals surface area contributed by atoms with Gasteiger partial charge in [0.25, 0.3) is 0 Å². The Labute approximate surface area is 174 Å². The summed E-state index contributed by atoms with van der Waals surface area (Å²) < 4.78 is 5.43. The van der Waals surface area contributed by atoms with Crippen LogP contribution in [0.1, 0.15) is 24.5 Å². The molecule has 0 bridgehead atoms. The van der Waals surface area contributed by atoms with E-state index in [0.29, 0.717) is 42.3 Å². The van der Waals surface area contributed by atoms with Crippen molar-refractivity contribution in [1.82, 2.24) is 4.90 Å². The number of anilines is 1. The Morgan fingerprint density at radius 1 is 1.21 bits per heavy atom. The monoisotopic (exact) mass is 409 g/mol. The van der Waals surface area contributed by atoms with Crippen molar-refractivity contribution in [1.29, 1.82) is 5.26 Å². The van der Waals surface area contributed by atoms with E-state index in [4.69, 9.17) is 10.00 Å². The largest absolute Gasteiger partial charge is 0.494 e. The van der Waals surface area contributed by atoms with Gasteiger partial charge in [0.1, 0.15) is 11.8 Å². The van der Waals surface area contributed by atoms with Crippen molar-refractivity contribution < 1.29 is 14.3 Å². The van der Waals surface area contributed by atoms with Crippen molar-refractivity contribution in [3.8, 4) is 11.8 Å². The summed E-state index contributed by atoms with van der Waals surface area (Å²) in [6.07, 6.45) is 0.978. The molecule has 0 aromatic heterocycles.